The third-order valence-corrected chi connectivity index (χ3v) is 5.43. The van der Waals surface area contributed by atoms with Gasteiger partial charge >= 0.3 is 0 Å². The van der Waals surface area contributed by atoms with Crippen LogP contribution in [0.1, 0.15) is 23.3 Å². The Morgan fingerprint density at radius 1 is 1.13 bits per heavy atom. The van der Waals surface area contributed by atoms with E-state index in [1.165, 1.54) is 12.1 Å². The molecule has 0 saturated heterocycles. The predicted octanol–water partition coefficient (Wildman–Crippen LogP) is 4.02. The Morgan fingerprint density at radius 2 is 1.83 bits per heavy atom. The van der Waals surface area contributed by atoms with Crippen molar-refractivity contribution in [2.45, 2.75) is 17.9 Å². The molecule has 2 atom stereocenters. The SMILES string of the molecule is C[C@H](c1ccc(F)cc1)[S@](=O)Cc1ccc(-n2cccn2)cc1. The van der Waals surface area contributed by atoms with E-state index in [1.807, 2.05) is 43.5 Å². The number of nitrogens with zero attached hydrogens (tertiary/aromatic N) is 2. The lowest BCUT2D eigenvalue weighted by Crippen LogP contribution is -2.05. The second kappa shape index (κ2) is 6.87. The highest BCUT2D eigenvalue weighted by Gasteiger charge is 2.14. The first kappa shape index (κ1) is 15.6. The van der Waals surface area contributed by atoms with Crippen LogP contribution < -0.4 is 0 Å². The van der Waals surface area contributed by atoms with Crippen molar-refractivity contribution in [3.8, 4) is 5.69 Å². The van der Waals surface area contributed by atoms with Crippen LogP contribution in [-0.4, -0.2) is 14.0 Å². The van der Waals surface area contributed by atoms with Gasteiger partial charge in [-0.25, -0.2) is 9.07 Å². The summed E-state index contributed by atoms with van der Waals surface area (Å²) >= 11 is 0. The molecule has 0 bridgehead atoms. The van der Waals surface area contributed by atoms with Crippen LogP contribution in [0.15, 0.2) is 67.0 Å². The molecule has 3 aromatic rings. The zero-order valence-electron chi connectivity index (χ0n) is 12.7. The maximum absolute atomic E-state index is 13.0. The van der Waals surface area contributed by atoms with E-state index in [2.05, 4.69) is 5.10 Å². The third kappa shape index (κ3) is 3.74. The fraction of sp³-hybridized carbons (Fsp3) is 0.167. The van der Waals surface area contributed by atoms with Crippen molar-refractivity contribution < 1.29 is 8.60 Å². The van der Waals surface area contributed by atoms with Gasteiger partial charge < -0.3 is 0 Å². The molecule has 3 nitrogen and oxygen atoms in total. The van der Waals surface area contributed by atoms with Crippen molar-refractivity contribution in [1.29, 1.82) is 0 Å². The Hall–Kier alpha value is -2.27. The van der Waals surface area contributed by atoms with Crippen LogP contribution in [0.3, 0.4) is 0 Å². The molecule has 23 heavy (non-hydrogen) atoms. The molecule has 1 heterocycles. The van der Waals surface area contributed by atoms with Crippen LogP contribution in [0.5, 0.6) is 0 Å². The Bertz CT molecular complexity index is 783. The summed E-state index contributed by atoms with van der Waals surface area (Å²) in [6, 6.07) is 15.9. The Labute approximate surface area is 137 Å². The van der Waals surface area contributed by atoms with Gasteiger partial charge in [-0.15, -0.1) is 0 Å². The molecule has 0 fully saturated rings. The van der Waals surface area contributed by atoms with Crippen molar-refractivity contribution in [2.24, 2.45) is 0 Å². The van der Waals surface area contributed by atoms with Crippen LogP contribution in [-0.2, 0) is 16.6 Å². The predicted molar refractivity (Wildman–Crippen MR) is 90.2 cm³/mol. The van der Waals surface area contributed by atoms with E-state index in [1.54, 1.807) is 23.0 Å². The molecule has 0 amide bonds. The van der Waals surface area contributed by atoms with E-state index < -0.39 is 10.8 Å². The number of rotatable bonds is 5. The summed E-state index contributed by atoms with van der Waals surface area (Å²) < 4.78 is 27.3. The molecule has 0 aliphatic heterocycles. The number of aromatic nitrogens is 2. The molecule has 1 aromatic heterocycles. The zero-order chi connectivity index (χ0) is 16.2. The van der Waals surface area contributed by atoms with E-state index >= 15 is 0 Å². The highest BCUT2D eigenvalue weighted by Crippen LogP contribution is 2.22. The van der Waals surface area contributed by atoms with E-state index in [9.17, 15) is 8.60 Å². The van der Waals surface area contributed by atoms with Gasteiger partial charge in [-0.05, 0) is 48.4 Å². The van der Waals surface area contributed by atoms with Gasteiger partial charge in [0.05, 0.1) is 10.9 Å². The van der Waals surface area contributed by atoms with Gasteiger partial charge in [0, 0.05) is 28.9 Å². The van der Waals surface area contributed by atoms with Gasteiger partial charge in [0.25, 0.3) is 0 Å². The minimum atomic E-state index is -1.06. The molecule has 0 unspecified atom stereocenters. The molecular weight excluding hydrogens is 311 g/mol. The molecule has 0 spiro atoms. The normalized spacial score (nSPS) is 13.7. The standard InChI is InChI=1S/C18H17FN2OS/c1-14(16-5-7-17(19)8-6-16)23(22)13-15-3-9-18(10-4-15)21-12-2-11-20-21/h2-12,14H,13H2,1H3/t14-,23-/m1/s1. The highest BCUT2D eigenvalue weighted by atomic mass is 32.2. The van der Waals surface area contributed by atoms with E-state index in [4.69, 9.17) is 0 Å². The highest BCUT2D eigenvalue weighted by molar-refractivity contribution is 7.84. The molecule has 2 aromatic carbocycles. The van der Waals surface area contributed by atoms with Crippen molar-refractivity contribution in [3.05, 3.63) is 83.9 Å². The Morgan fingerprint density at radius 3 is 2.43 bits per heavy atom. The lowest BCUT2D eigenvalue weighted by Gasteiger charge is -2.12. The average molecular weight is 328 g/mol. The molecular formula is C18H17FN2OS. The second-order valence-corrected chi connectivity index (χ2v) is 7.09. The molecule has 0 saturated carbocycles. The average Bonchev–Trinajstić information content (AvgIpc) is 3.10. The first-order chi connectivity index (χ1) is 11.1. The van der Waals surface area contributed by atoms with Crippen LogP contribution in [0.25, 0.3) is 5.69 Å². The molecule has 0 N–H and O–H groups in total. The summed E-state index contributed by atoms with van der Waals surface area (Å²) in [5, 5.41) is 4.04. The number of hydrogen-bond donors (Lipinski definition) is 0. The fourth-order valence-electron chi connectivity index (χ4n) is 2.34. The summed E-state index contributed by atoms with van der Waals surface area (Å²) in [7, 11) is -1.06. The van der Waals surface area contributed by atoms with Gasteiger partial charge in [-0.2, -0.15) is 5.10 Å². The summed E-state index contributed by atoms with van der Waals surface area (Å²) in [4.78, 5) is 0. The van der Waals surface area contributed by atoms with E-state index in [0.717, 1.165) is 16.8 Å². The minimum absolute atomic E-state index is 0.138. The topological polar surface area (TPSA) is 34.9 Å². The van der Waals surface area contributed by atoms with Crippen LogP contribution in [0, 0.1) is 5.82 Å². The number of benzene rings is 2. The molecule has 0 aliphatic carbocycles. The fourth-order valence-corrected chi connectivity index (χ4v) is 3.57. The molecule has 5 heteroatoms. The van der Waals surface area contributed by atoms with Crippen molar-refractivity contribution in [1.82, 2.24) is 9.78 Å². The Balaban J connectivity index is 1.69. The maximum Gasteiger partial charge on any atom is 0.123 e. The summed E-state index contributed by atoms with van der Waals surface area (Å²) in [5.74, 6) is 0.193. The van der Waals surface area contributed by atoms with Crippen molar-refractivity contribution in [3.63, 3.8) is 0 Å². The largest absolute Gasteiger partial charge is 0.259 e. The maximum atomic E-state index is 13.0. The lowest BCUT2D eigenvalue weighted by atomic mass is 10.2. The molecule has 118 valence electrons. The minimum Gasteiger partial charge on any atom is -0.259 e. The quantitative estimate of drug-likeness (QED) is 0.709. The van der Waals surface area contributed by atoms with Gasteiger partial charge in [-0.3, -0.25) is 4.21 Å². The number of halogens is 1. The van der Waals surface area contributed by atoms with Gasteiger partial charge in [-0.1, -0.05) is 24.3 Å². The van der Waals surface area contributed by atoms with Crippen LogP contribution >= 0.6 is 0 Å². The van der Waals surface area contributed by atoms with Crippen LogP contribution in [0.4, 0.5) is 4.39 Å². The lowest BCUT2D eigenvalue weighted by molar-refractivity contribution is 0.626. The summed E-state index contributed by atoms with van der Waals surface area (Å²) in [6.07, 6.45) is 3.61. The Kier molecular flexibility index (Phi) is 4.67. The number of hydrogen-bond acceptors (Lipinski definition) is 2. The van der Waals surface area contributed by atoms with Gasteiger partial charge in [0.15, 0.2) is 0 Å². The van der Waals surface area contributed by atoms with Crippen LogP contribution in [0.2, 0.25) is 0 Å². The van der Waals surface area contributed by atoms with Gasteiger partial charge in [0.2, 0.25) is 0 Å². The summed E-state index contributed by atoms with van der Waals surface area (Å²) in [5.41, 5.74) is 2.86. The van der Waals surface area contributed by atoms with E-state index in [0.29, 0.717) is 5.75 Å². The smallest absolute Gasteiger partial charge is 0.123 e. The van der Waals surface area contributed by atoms with E-state index in [-0.39, 0.29) is 11.1 Å². The first-order valence-corrected chi connectivity index (χ1v) is 8.73. The van der Waals surface area contributed by atoms with Gasteiger partial charge in [0.1, 0.15) is 5.82 Å². The zero-order valence-corrected chi connectivity index (χ0v) is 13.5. The third-order valence-electron chi connectivity index (χ3n) is 3.75. The molecule has 0 radical (unpaired) electrons. The second-order valence-electron chi connectivity index (χ2n) is 5.34. The first-order valence-electron chi connectivity index (χ1n) is 7.35. The summed E-state index contributed by atoms with van der Waals surface area (Å²) in [6.45, 7) is 1.90. The molecule has 0 aliphatic rings. The van der Waals surface area contributed by atoms with Crippen molar-refractivity contribution >= 4 is 10.8 Å². The molecule has 3 rings (SSSR count). The monoisotopic (exact) mass is 328 g/mol. The van der Waals surface area contributed by atoms with Crippen molar-refractivity contribution in [2.75, 3.05) is 0 Å².